The topological polar surface area (TPSA) is 46.6 Å². The fourth-order valence-corrected chi connectivity index (χ4v) is 4.49. The number of carbonyl (C=O) groups is 2. The van der Waals surface area contributed by atoms with Crippen LogP contribution in [0.1, 0.15) is 11.1 Å². The zero-order chi connectivity index (χ0) is 20.5. The smallest absolute Gasteiger partial charge is 0.293 e. The molecule has 0 bridgehead atoms. The highest BCUT2D eigenvalue weighted by molar-refractivity contribution is 8.18. The average molecular weight is 444 g/mol. The van der Waals surface area contributed by atoms with Gasteiger partial charge in [-0.25, -0.2) is 0 Å². The minimum atomic E-state index is -0.342. The van der Waals surface area contributed by atoms with E-state index in [9.17, 15) is 9.59 Å². The zero-order valence-electron chi connectivity index (χ0n) is 15.3. The van der Waals surface area contributed by atoms with Gasteiger partial charge in [0.2, 0.25) is 0 Å². The molecule has 4 nitrogen and oxygen atoms in total. The van der Waals surface area contributed by atoms with Crippen molar-refractivity contribution in [3.8, 4) is 5.75 Å². The van der Waals surface area contributed by atoms with Gasteiger partial charge in [-0.3, -0.25) is 14.5 Å². The first-order valence-electron chi connectivity index (χ1n) is 8.73. The van der Waals surface area contributed by atoms with E-state index in [1.54, 1.807) is 31.4 Å². The molecule has 0 aliphatic carbocycles. The lowest BCUT2D eigenvalue weighted by Crippen LogP contribution is -2.27. The molecule has 29 heavy (non-hydrogen) atoms. The molecule has 3 aromatic rings. The predicted molar refractivity (Wildman–Crippen MR) is 118 cm³/mol. The quantitative estimate of drug-likeness (QED) is 0.438. The Hall–Kier alpha value is -2.47. The number of halogens is 2. The number of carbonyl (C=O) groups excluding carboxylic acids is 2. The lowest BCUT2D eigenvalue weighted by Gasteiger charge is -2.13. The van der Waals surface area contributed by atoms with E-state index >= 15 is 0 Å². The highest BCUT2D eigenvalue weighted by atomic mass is 35.5. The van der Waals surface area contributed by atoms with Crippen molar-refractivity contribution in [2.24, 2.45) is 0 Å². The molecule has 1 saturated heterocycles. The number of amides is 2. The third-order valence-corrected chi connectivity index (χ3v) is 6.14. The predicted octanol–water partition coefficient (Wildman–Crippen LogP) is 6.39. The minimum Gasteiger partial charge on any atom is -0.496 e. The molecule has 0 N–H and O–H groups in total. The highest BCUT2D eigenvalue weighted by Crippen LogP contribution is 2.36. The van der Waals surface area contributed by atoms with Crippen LogP contribution < -0.4 is 4.74 Å². The molecule has 4 rings (SSSR count). The lowest BCUT2D eigenvalue weighted by atomic mass is 10.0. The third kappa shape index (κ3) is 3.86. The van der Waals surface area contributed by atoms with Gasteiger partial charge in [0.15, 0.2) is 0 Å². The Bertz CT molecular complexity index is 1180. The number of hydrogen-bond acceptors (Lipinski definition) is 4. The van der Waals surface area contributed by atoms with Crippen LogP contribution in [0, 0.1) is 0 Å². The van der Waals surface area contributed by atoms with E-state index in [1.807, 2.05) is 36.4 Å². The van der Waals surface area contributed by atoms with E-state index in [4.69, 9.17) is 27.9 Å². The Morgan fingerprint density at radius 3 is 2.52 bits per heavy atom. The van der Waals surface area contributed by atoms with Crippen molar-refractivity contribution < 1.29 is 14.3 Å². The molecule has 0 radical (unpaired) electrons. The molecule has 2 amide bonds. The summed E-state index contributed by atoms with van der Waals surface area (Å²) in [6.45, 7) is 0.0986. The zero-order valence-corrected chi connectivity index (χ0v) is 17.6. The van der Waals surface area contributed by atoms with E-state index < -0.39 is 0 Å². The molecule has 1 aliphatic rings. The maximum Gasteiger partial charge on any atom is 0.293 e. The van der Waals surface area contributed by atoms with Gasteiger partial charge in [0.1, 0.15) is 5.75 Å². The molecular formula is C22H15Cl2NO3S. The molecule has 0 aromatic heterocycles. The number of hydrogen-bond donors (Lipinski definition) is 0. The maximum atomic E-state index is 12.9. The first-order chi connectivity index (χ1) is 14.0. The van der Waals surface area contributed by atoms with Crippen molar-refractivity contribution in [1.29, 1.82) is 0 Å². The molecule has 1 fully saturated rings. The summed E-state index contributed by atoms with van der Waals surface area (Å²) in [5, 5.41) is 2.47. The monoisotopic (exact) mass is 443 g/mol. The number of ether oxygens (including phenoxy) is 1. The average Bonchev–Trinajstić information content (AvgIpc) is 2.97. The molecule has 1 heterocycles. The summed E-state index contributed by atoms with van der Waals surface area (Å²) in [4.78, 5) is 26.9. The van der Waals surface area contributed by atoms with E-state index in [-0.39, 0.29) is 17.7 Å². The number of methoxy groups -OCH3 is 1. The molecule has 3 aromatic carbocycles. The summed E-state index contributed by atoms with van der Waals surface area (Å²) >= 11 is 13.0. The van der Waals surface area contributed by atoms with Crippen molar-refractivity contribution in [2.75, 3.05) is 7.11 Å². The number of nitrogens with zero attached hydrogens (tertiary/aromatic N) is 1. The van der Waals surface area contributed by atoms with Crippen molar-refractivity contribution in [3.63, 3.8) is 0 Å². The maximum absolute atomic E-state index is 12.9. The van der Waals surface area contributed by atoms with Crippen molar-refractivity contribution in [2.45, 2.75) is 6.54 Å². The Kier molecular flexibility index (Phi) is 5.54. The van der Waals surface area contributed by atoms with E-state index in [0.29, 0.717) is 20.5 Å². The Morgan fingerprint density at radius 1 is 1.03 bits per heavy atom. The molecule has 7 heteroatoms. The van der Waals surface area contributed by atoms with Crippen LogP contribution >= 0.6 is 35.0 Å². The number of fused-ring (bicyclic) bond motifs is 1. The Labute approximate surface area is 182 Å². The summed E-state index contributed by atoms with van der Waals surface area (Å²) in [6.07, 6.45) is 1.75. The van der Waals surface area contributed by atoms with Gasteiger partial charge in [0.25, 0.3) is 11.1 Å². The van der Waals surface area contributed by atoms with Crippen LogP contribution in [-0.2, 0) is 11.3 Å². The second-order valence-electron chi connectivity index (χ2n) is 6.41. The molecule has 0 saturated carbocycles. The van der Waals surface area contributed by atoms with Gasteiger partial charge in [-0.05, 0) is 52.6 Å². The second kappa shape index (κ2) is 8.11. The summed E-state index contributed by atoms with van der Waals surface area (Å²) < 4.78 is 5.42. The third-order valence-electron chi connectivity index (χ3n) is 4.64. The van der Waals surface area contributed by atoms with Crippen molar-refractivity contribution in [3.05, 3.63) is 80.7 Å². The van der Waals surface area contributed by atoms with Crippen LogP contribution in [0.3, 0.4) is 0 Å². The Balaban J connectivity index is 1.67. The van der Waals surface area contributed by atoms with Crippen LogP contribution in [0.15, 0.2) is 59.5 Å². The van der Waals surface area contributed by atoms with Crippen LogP contribution in [0.4, 0.5) is 4.79 Å². The summed E-state index contributed by atoms with van der Waals surface area (Å²) in [5.41, 5.74) is 1.51. The van der Waals surface area contributed by atoms with Crippen molar-refractivity contribution >= 4 is 63.0 Å². The van der Waals surface area contributed by atoms with Gasteiger partial charge in [0.05, 0.1) is 18.6 Å². The van der Waals surface area contributed by atoms with Gasteiger partial charge in [-0.2, -0.15) is 0 Å². The summed E-state index contributed by atoms with van der Waals surface area (Å²) in [7, 11) is 1.62. The minimum absolute atomic E-state index is 0.0986. The SMILES string of the molecule is COc1ccc(/C=C2\SC(=O)N(Cc3ccc(Cl)cc3Cl)C2=O)c2ccccc12. The van der Waals surface area contributed by atoms with Gasteiger partial charge in [0, 0.05) is 15.4 Å². The van der Waals surface area contributed by atoms with Crippen LogP contribution in [-0.4, -0.2) is 23.2 Å². The standard InChI is InChI=1S/C22H15Cl2NO3S/c1-28-19-9-7-13(16-4-2-3-5-17(16)19)10-20-21(26)25(22(27)29-20)12-14-6-8-15(23)11-18(14)24/h2-11H,12H2,1H3/b20-10-. The van der Waals surface area contributed by atoms with Gasteiger partial charge >= 0.3 is 0 Å². The largest absolute Gasteiger partial charge is 0.496 e. The molecular weight excluding hydrogens is 429 g/mol. The number of benzene rings is 3. The van der Waals surface area contributed by atoms with E-state index in [1.165, 1.54) is 4.90 Å². The number of thioether (sulfide) groups is 1. The Morgan fingerprint density at radius 2 is 1.79 bits per heavy atom. The van der Waals surface area contributed by atoms with E-state index in [0.717, 1.165) is 33.8 Å². The van der Waals surface area contributed by atoms with Crippen LogP contribution in [0.25, 0.3) is 16.8 Å². The van der Waals surface area contributed by atoms with E-state index in [2.05, 4.69) is 0 Å². The van der Waals surface area contributed by atoms with Crippen molar-refractivity contribution in [1.82, 2.24) is 4.90 Å². The van der Waals surface area contributed by atoms with Gasteiger partial charge in [-0.15, -0.1) is 0 Å². The fraction of sp³-hybridized carbons (Fsp3) is 0.0909. The molecule has 1 aliphatic heterocycles. The first-order valence-corrected chi connectivity index (χ1v) is 10.3. The first kappa shape index (κ1) is 19.8. The van der Waals surface area contributed by atoms with Crippen LogP contribution in [0.5, 0.6) is 5.75 Å². The number of imide groups is 1. The molecule has 146 valence electrons. The highest BCUT2D eigenvalue weighted by Gasteiger charge is 2.35. The summed E-state index contributed by atoms with van der Waals surface area (Å²) in [5.74, 6) is 0.411. The molecule has 0 atom stereocenters. The second-order valence-corrected chi connectivity index (χ2v) is 8.24. The summed E-state index contributed by atoms with van der Waals surface area (Å²) in [6, 6.07) is 16.5. The van der Waals surface area contributed by atoms with Gasteiger partial charge < -0.3 is 4.74 Å². The van der Waals surface area contributed by atoms with Crippen LogP contribution in [0.2, 0.25) is 10.0 Å². The lowest BCUT2D eigenvalue weighted by molar-refractivity contribution is -0.123. The normalized spacial score (nSPS) is 15.6. The molecule has 0 unspecified atom stereocenters. The number of rotatable bonds is 4. The van der Waals surface area contributed by atoms with Gasteiger partial charge in [-0.1, -0.05) is 59.6 Å². The fourth-order valence-electron chi connectivity index (χ4n) is 3.20. The molecule has 0 spiro atoms.